The Morgan fingerprint density at radius 3 is 2.70 bits per heavy atom. The number of morpholine rings is 1. The van der Waals surface area contributed by atoms with Crippen LogP contribution >= 0.6 is 0 Å². The van der Waals surface area contributed by atoms with Crippen molar-refractivity contribution in [3.63, 3.8) is 0 Å². The zero-order chi connectivity index (χ0) is 18.9. The van der Waals surface area contributed by atoms with E-state index in [-0.39, 0.29) is 5.91 Å². The average Bonchev–Trinajstić information content (AvgIpc) is 2.71. The average molecular weight is 370 g/mol. The first-order chi connectivity index (χ1) is 13.2. The summed E-state index contributed by atoms with van der Waals surface area (Å²) in [7, 11) is 0. The van der Waals surface area contributed by atoms with Crippen molar-refractivity contribution >= 4 is 17.3 Å². The summed E-state index contributed by atoms with van der Waals surface area (Å²) in [4.78, 5) is 19.0. The normalized spacial score (nSPS) is 14.6. The summed E-state index contributed by atoms with van der Waals surface area (Å²) in [6.07, 6.45) is 1.64. The Bertz CT molecular complexity index is 730. The summed E-state index contributed by atoms with van der Waals surface area (Å²) in [5, 5.41) is 6.21. The predicted molar refractivity (Wildman–Crippen MR) is 106 cm³/mol. The molecule has 1 aromatic carbocycles. The largest absolute Gasteiger partial charge is 0.494 e. The van der Waals surface area contributed by atoms with E-state index >= 15 is 0 Å². The van der Waals surface area contributed by atoms with Gasteiger partial charge in [0.1, 0.15) is 11.4 Å². The highest BCUT2D eigenvalue weighted by atomic mass is 16.5. The molecule has 1 fully saturated rings. The second kappa shape index (κ2) is 9.89. The van der Waals surface area contributed by atoms with Crippen molar-refractivity contribution in [1.82, 2.24) is 9.88 Å². The number of aromatic nitrogens is 1. The molecule has 1 aliphatic heterocycles. The molecule has 0 aliphatic carbocycles. The molecule has 7 nitrogen and oxygen atoms in total. The lowest BCUT2D eigenvalue weighted by molar-refractivity contribution is 0.0398. The Labute approximate surface area is 159 Å². The van der Waals surface area contributed by atoms with Crippen molar-refractivity contribution in [3.8, 4) is 5.75 Å². The van der Waals surface area contributed by atoms with Crippen molar-refractivity contribution in [3.05, 3.63) is 48.3 Å². The third-order valence-electron chi connectivity index (χ3n) is 4.28. The highest BCUT2D eigenvalue weighted by molar-refractivity contribution is 6.03. The molecule has 2 N–H and O–H groups in total. The van der Waals surface area contributed by atoms with Crippen LogP contribution in [0.3, 0.4) is 0 Å². The maximum absolute atomic E-state index is 12.4. The van der Waals surface area contributed by atoms with E-state index in [0.717, 1.165) is 50.8 Å². The van der Waals surface area contributed by atoms with Gasteiger partial charge in [0.25, 0.3) is 5.91 Å². The quantitative estimate of drug-likeness (QED) is 0.744. The van der Waals surface area contributed by atoms with Crippen LogP contribution < -0.4 is 15.4 Å². The molecule has 0 spiro atoms. The number of ether oxygens (including phenoxy) is 2. The monoisotopic (exact) mass is 370 g/mol. The molecule has 1 saturated heterocycles. The molecule has 144 valence electrons. The molecule has 1 amide bonds. The van der Waals surface area contributed by atoms with Gasteiger partial charge in [-0.2, -0.15) is 0 Å². The van der Waals surface area contributed by atoms with Crippen LogP contribution in [0.5, 0.6) is 5.75 Å². The third kappa shape index (κ3) is 5.94. The minimum absolute atomic E-state index is 0.240. The number of carbonyl (C=O) groups is 1. The fraction of sp³-hybridized carbons (Fsp3) is 0.400. The number of carbonyl (C=O) groups excluding carboxylic acids is 1. The topological polar surface area (TPSA) is 75.7 Å². The summed E-state index contributed by atoms with van der Waals surface area (Å²) < 4.78 is 10.8. The zero-order valence-corrected chi connectivity index (χ0v) is 15.6. The molecule has 7 heteroatoms. The van der Waals surface area contributed by atoms with Crippen LogP contribution in [0.4, 0.5) is 11.4 Å². The van der Waals surface area contributed by atoms with Crippen LogP contribution in [-0.4, -0.2) is 61.8 Å². The smallest absolute Gasteiger partial charge is 0.274 e. The molecule has 1 aromatic heterocycles. The molecule has 27 heavy (non-hydrogen) atoms. The van der Waals surface area contributed by atoms with Gasteiger partial charge in [-0.1, -0.05) is 0 Å². The molecular weight excluding hydrogens is 344 g/mol. The van der Waals surface area contributed by atoms with Crippen molar-refractivity contribution in [2.24, 2.45) is 0 Å². The lowest BCUT2D eigenvalue weighted by atomic mass is 10.2. The van der Waals surface area contributed by atoms with Gasteiger partial charge in [0, 0.05) is 43.8 Å². The molecule has 0 bridgehead atoms. The molecule has 0 radical (unpaired) electrons. The van der Waals surface area contributed by atoms with Gasteiger partial charge in [-0.15, -0.1) is 0 Å². The molecule has 0 saturated carbocycles. The summed E-state index contributed by atoms with van der Waals surface area (Å²) in [5.41, 5.74) is 1.96. The number of rotatable bonds is 8. The Morgan fingerprint density at radius 2 is 1.96 bits per heavy atom. The van der Waals surface area contributed by atoms with Crippen molar-refractivity contribution in [1.29, 1.82) is 0 Å². The van der Waals surface area contributed by atoms with Crippen LogP contribution in [0.25, 0.3) is 0 Å². The maximum Gasteiger partial charge on any atom is 0.274 e. The van der Waals surface area contributed by atoms with Crippen molar-refractivity contribution < 1.29 is 14.3 Å². The number of nitrogens with one attached hydrogen (secondary N) is 2. The number of hydrogen-bond acceptors (Lipinski definition) is 6. The van der Waals surface area contributed by atoms with Crippen LogP contribution in [0, 0.1) is 0 Å². The van der Waals surface area contributed by atoms with E-state index in [0.29, 0.717) is 18.0 Å². The van der Waals surface area contributed by atoms with Gasteiger partial charge in [-0.25, -0.2) is 0 Å². The van der Waals surface area contributed by atoms with Crippen LogP contribution in [0.1, 0.15) is 17.4 Å². The van der Waals surface area contributed by atoms with Gasteiger partial charge < -0.3 is 20.1 Å². The van der Waals surface area contributed by atoms with E-state index in [1.165, 1.54) is 0 Å². The van der Waals surface area contributed by atoms with Gasteiger partial charge in [-0.05, 0) is 43.3 Å². The summed E-state index contributed by atoms with van der Waals surface area (Å²) in [6, 6.07) is 10.9. The number of pyridine rings is 1. The number of anilines is 2. The third-order valence-corrected chi connectivity index (χ3v) is 4.28. The predicted octanol–water partition coefficient (Wildman–Crippen LogP) is 2.48. The molecule has 0 atom stereocenters. The van der Waals surface area contributed by atoms with E-state index in [1.54, 1.807) is 12.3 Å². The Hall–Kier alpha value is -2.64. The van der Waals surface area contributed by atoms with Gasteiger partial charge in [0.15, 0.2) is 0 Å². The SMILES string of the molecule is CCOc1ccc(NC(=O)c2cc(NCCN3CCOCC3)ccn2)cc1. The van der Waals surface area contributed by atoms with Gasteiger partial charge >= 0.3 is 0 Å². The number of hydrogen-bond donors (Lipinski definition) is 2. The lowest BCUT2D eigenvalue weighted by Crippen LogP contribution is -2.39. The number of amides is 1. The first-order valence-electron chi connectivity index (χ1n) is 9.29. The summed E-state index contributed by atoms with van der Waals surface area (Å²) in [5.74, 6) is 0.538. The fourth-order valence-electron chi connectivity index (χ4n) is 2.84. The second-order valence-electron chi connectivity index (χ2n) is 6.22. The van der Waals surface area contributed by atoms with Gasteiger partial charge in [0.2, 0.25) is 0 Å². The second-order valence-corrected chi connectivity index (χ2v) is 6.22. The van der Waals surface area contributed by atoms with Gasteiger partial charge in [-0.3, -0.25) is 14.7 Å². The van der Waals surface area contributed by atoms with Crippen LogP contribution in [-0.2, 0) is 4.74 Å². The molecule has 0 unspecified atom stereocenters. The number of nitrogens with zero attached hydrogens (tertiary/aromatic N) is 2. The van der Waals surface area contributed by atoms with Gasteiger partial charge in [0.05, 0.1) is 19.8 Å². The fourth-order valence-corrected chi connectivity index (χ4v) is 2.84. The van der Waals surface area contributed by atoms with E-state index in [4.69, 9.17) is 9.47 Å². The van der Waals surface area contributed by atoms with E-state index in [2.05, 4.69) is 20.5 Å². The minimum Gasteiger partial charge on any atom is -0.494 e. The van der Waals surface area contributed by atoms with Crippen LogP contribution in [0.2, 0.25) is 0 Å². The minimum atomic E-state index is -0.240. The van der Waals surface area contributed by atoms with E-state index < -0.39 is 0 Å². The molecule has 1 aliphatic rings. The molecular formula is C20H26N4O3. The standard InChI is InChI=1S/C20H26N4O3/c1-2-27-18-5-3-16(4-6-18)23-20(25)19-15-17(7-8-22-19)21-9-10-24-11-13-26-14-12-24/h3-8,15H,2,9-14H2,1H3,(H,21,22)(H,23,25). The highest BCUT2D eigenvalue weighted by Crippen LogP contribution is 2.17. The Balaban J connectivity index is 1.51. The number of benzene rings is 1. The molecule has 3 rings (SSSR count). The molecule has 2 aromatic rings. The first-order valence-corrected chi connectivity index (χ1v) is 9.29. The summed E-state index contributed by atoms with van der Waals surface area (Å²) in [6.45, 7) is 7.82. The Kier molecular flexibility index (Phi) is 7.01. The maximum atomic E-state index is 12.4. The van der Waals surface area contributed by atoms with Crippen LogP contribution in [0.15, 0.2) is 42.6 Å². The lowest BCUT2D eigenvalue weighted by Gasteiger charge is -2.26. The van der Waals surface area contributed by atoms with E-state index in [9.17, 15) is 4.79 Å². The first kappa shape index (κ1) is 19.1. The Morgan fingerprint density at radius 1 is 1.19 bits per heavy atom. The van der Waals surface area contributed by atoms with Crippen molar-refractivity contribution in [2.45, 2.75) is 6.92 Å². The highest BCUT2D eigenvalue weighted by Gasteiger charge is 2.11. The zero-order valence-electron chi connectivity index (χ0n) is 15.6. The van der Waals surface area contributed by atoms with Crippen molar-refractivity contribution in [2.75, 3.05) is 56.6 Å². The molecule has 2 heterocycles. The van der Waals surface area contributed by atoms with E-state index in [1.807, 2.05) is 37.3 Å². The summed E-state index contributed by atoms with van der Waals surface area (Å²) >= 11 is 0.